The molecule has 0 N–H and O–H groups in total. The van der Waals surface area contributed by atoms with Crippen molar-refractivity contribution in [3.05, 3.63) is 11.6 Å². The minimum Gasteiger partial charge on any atom is -0.381 e. The normalized spacial score (nSPS) is 20.3. The number of thiol groups is 1. The molecule has 0 saturated carbocycles. The predicted octanol–water partition coefficient (Wildman–Crippen LogP) is 2.96. The van der Waals surface area contributed by atoms with Crippen molar-refractivity contribution in [2.75, 3.05) is 24.7 Å². The molecule has 2 heterocycles. The van der Waals surface area contributed by atoms with Crippen molar-refractivity contribution in [2.45, 2.75) is 17.2 Å². The van der Waals surface area contributed by atoms with Crippen LogP contribution in [0.3, 0.4) is 0 Å². The summed E-state index contributed by atoms with van der Waals surface area (Å²) in [6, 6.07) is 0. The molecule has 0 aromatic carbocycles. The summed E-state index contributed by atoms with van der Waals surface area (Å²) < 4.78 is 6.58. The summed E-state index contributed by atoms with van der Waals surface area (Å²) in [4.78, 5) is 4.29. The molecule has 1 aromatic rings. The van der Waals surface area contributed by atoms with Gasteiger partial charge in [-0.15, -0.1) is 11.3 Å². The number of thiazole rings is 1. The van der Waals surface area contributed by atoms with Gasteiger partial charge in [0, 0.05) is 30.5 Å². The molecular formula is C10H15NOS3. The van der Waals surface area contributed by atoms with Crippen LogP contribution in [0.1, 0.15) is 12.8 Å². The van der Waals surface area contributed by atoms with Crippen molar-refractivity contribution in [1.29, 1.82) is 0 Å². The van der Waals surface area contributed by atoms with Gasteiger partial charge in [-0.25, -0.2) is 4.98 Å². The van der Waals surface area contributed by atoms with Crippen LogP contribution >= 0.6 is 35.7 Å². The Morgan fingerprint density at radius 2 is 2.33 bits per heavy atom. The molecule has 1 aliphatic heterocycles. The lowest BCUT2D eigenvalue weighted by Crippen LogP contribution is -2.33. The van der Waals surface area contributed by atoms with Crippen molar-refractivity contribution in [2.24, 2.45) is 5.41 Å². The van der Waals surface area contributed by atoms with E-state index in [1.54, 1.807) is 11.3 Å². The Morgan fingerprint density at radius 3 is 2.93 bits per heavy atom. The van der Waals surface area contributed by atoms with Crippen molar-refractivity contribution in [3.63, 3.8) is 0 Å². The van der Waals surface area contributed by atoms with Crippen LogP contribution in [0.25, 0.3) is 0 Å². The van der Waals surface area contributed by atoms with Gasteiger partial charge in [0.25, 0.3) is 0 Å². The van der Waals surface area contributed by atoms with Gasteiger partial charge in [0.05, 0.1) is 0 Å². The quantitative estimate of drug-likeness (QED) is 0.665. The number of ether oxygens (including phenoxy) is 1. The lowest BCUT2D eigenvalue weighted by atomic mass is 9.84. The Hall–Kier alpha value is 0.290. The highest BCUT2D eigenvalue weighted by Crippen LogP contribution is 2.37. The van der Waals surface area contributed by atoms with E-state index in [2.05, 4.69) is 17.6 Å². The van der Waals surface area contributed by atoms with Gasteiger partial charge in [0.15, 0.2) is 0 Å². The molecule has 0 spiro atoms. The van der Waals surface area contributed by atoms with Gasteiger partial charge in [-0.1, -0.05) is 11.8 Å². The molecular weight excluding hydrogens is 246 g/mol. The molecule has 1 saturated heterocycles. The minimum atomic E-state index is 0.359. The third-order valence-corrected chi connectivity index (χ3v) is 5.79. The van der Waals surface area contributed by atoms with Crippen LogP contribution in [0.15, 0.2) is 15.9 Å². The highest BCUT2D eigenvalue weighted by Gasteiger charge is 2.31. The maximum Gasteiger partial charge on any atom is 0.149 e. The molecule has 2 nitrogen and oxygen atoms in total. The zero-order chi connectivity index (χ0) is 10.6. The summed E-state index contributed by atoms with van der Waals surface area (Å²) in [6.07, 6.45) is 4.13. The van der Waals surface area contributed by atoms with Gasteiger partial charge in [-0.3, -0.25) is 0 Å². The van der Waals surface area contributed by atoms with Gasteiger partial charge in [-0.2, -0.15) is 12.6 Å². The second kappa shape index (κ2) is 5.57. The molecule has 2 rings (SSSR count). The number of nitrogens with zero attached hydrogens (tertiary/aromatic N) is 1. The molecule has 0 aliphatic carbocycles. The molecule has 0 unspecified atom stereocenters. The largest absolute Gasteiger partial charge is 0.381 e. The first kappa shape index (κ1) is 11.8. The van der Waals surface area contributed by atoms with Crippen LogP contribution in [-0.2, 0) is 4.74 Å². The summed E-state index contributed by atoms with van der Waals surface area (Å²) in [5.74, 6) is 2.07. The van der Waals surface area contributed by atoms with Gasteiger partial charge in [-0.05, 0) is 24.0 Å². The van der Waals surface area contributed by atoms with Crippen LogP contribution in [0.2, 0.25) is 0 Å². The Kier molecular flexibility index (Phi) is 4.37. The van der Waals surface area contributed by atoms with Crippen molar-refractivity contribution in [1.82, 2.24) is 4.98 Å². The highest BCUT2D eigenvalue weighted by atomic mass is 32.2. The predicted molar refractivity (Wildman–Crippen MR) is 69.2 cm³/mol. The fourth-order valence-corrected chi connectivity index (χ4v) is 4.16. The van der Waals surface area contributed by atoms with Crippen molar-refractivity contribution >= 4 is 35.7 Å². The zero-order valence-corrected chi connectivity index (χ0v) is 11.0. The van der Waals surface area contributed by atoms with E-state index in [0.29, 0.717) is 5.41 Å². The van der Waals surface area contributed by atoms with Gasteiger partial charge in [0.2, 0.25) is 0 Å². The molecule has 5 heteroatoms. The SMILES string of the molecule is SCC1(CSc2nccs2)CCOCC1. The van der Waals surface area contributed by atoms with E-state index in [1.165, 1.54) is 4.34 Å². The smallest absolute Gasteiger partial charge is 0.149 e. The van der Waals surface area contributed by atoms with E-state index < -0.39 is 0 Å². The first-order valence-electron chi connectivity index (χ1n) is 5.06. The van der Waals surface area contributed by atoms with E-state index in [1.807, 2.05) is 23.3 Å². The number of rotatable bonds is 4. The highest BCUT2D eigenvalue weighted by molar-refractivity contribution is 8.01. The topological polar surface area (TPSA) is 22.1 Å². The van der Waals surface area contributed by atoms with E-state index >= 15 is 0 Å². The van der Waals surface area contributed by atoms with E-state index in [9.17, 15) is 0 Å². The summed E-state index contributed by atoms with van der Waals surface area (Å²) in [6.45, 7) is 1.78. The van der Waals surface area contributed by atoms with Gasteiger partial charge >= 0.3 is 0 Å². The second-order valence-corrected chi connectivity index (χ2v) is 6.29. The zero-order valence-electron chi connectivity index (χ0n) is 8.52. The van der Waals surface area contributed by atoms with Crippen LogP contribution < -0.4 is 0 Å². The summed E-state index contributed by atoms with van der Waals surface area (Å²) >= 11 is 8.07. The van der Waals surface area contributed by atoms with E-state index in [-0.39, 0.29) is 0 Å². The molecule has 0 atom stereocenters. The Morgan fingerprint density at radius 1 is 1.53 bits per heavy atom. The molecule has 15 heavy (non-hydrogen) atoms. The lowest BCUT2D eigenvalue weighted by molar-refractivity contribution is 0.0371. The minimum absolute atomic E-state index is 0.359. The molecule has 0 radical (unpaired) electrons. The first-order valence-corrected chi connectivity index (χ1v) is 7.55. The second-order valence-electron chi connectivity index (χ2n) is 3.86. The summed E-state index contributed by atoms with van der Waals surface area (Å²) in [7, 11) is 0. The molecule has 1 aliphatic rings. The molecule has 0 amide bonds. The van der Waals surface area contributed by atoms with E-state index in [0.717, 1.165) is 37.6 Å². The van der Waals surface area contributed by atoms with Crippen molar-refractivity contribution < 1.29 is 4.74 Å². The van der Waals surface area contributed by atoms with Gasteiger partial charge in [0.1, 0.15) is 4.34 Å². The number of hydrogen-bond acceptors (Lipinski definition) is 5. The van der Waals surface area contributed by atoms with E-state index in [4.69, 9.17) is 4.74 Å². The average Bonchev–Trinajstić information content (AvgIpc) is 2.81. The Balaban J connectivity index is 1.89. The molecule has 1 fully saturated rings. The Bertz CT molecular complexity index is 283. The molecule has 84 valence electrons. The fourth-order valence-electron chi connectivity index (χ4n) is 1.65. The van der Waals surface area contributed by atoms with Gasteiger partial charge < -0.3 is 4.74 Å². The third kappa shape index (κ3) is 3.12. The standard InChI is InChI=1S/C10H15NOS3/c13-7-10(1-4-12-5-2-10)8-15-9-11-3-6-14-9/h3,6,13H,1-2,4-5,7-8H2. The maximum absolute atomic E-state index is 5.41. The maximum atomic E-state index is 5.41. The molecule has 1 aromatic heterocycles. The third-order valence-electron chi connectivity index (χ3n) is 2.80. The first-order chi connectivity index (χ1) is 7.35. The monoisotopic (exact) mass is 261 g/mol. The fraction of sp³-hybridized carbons (Fsp3) is 0.700. The van der Waals surface area contributed by atoms with Crippen LogP contribution in [0.4, 0.5) is 0 Å². The van der Waals surface area contributed by atoms with Crippen LogP contribution in [0.5, 0.6) is 0 Å². The Labute approximate surface area is 104 Å². The van der Waals surface area contributed by atoms with Crippen molar-refractivity contribution in [3.8, 4) is 0 Å². The summed E-state index contributed by atoms with van der Waals surface area (Å²) in [5, 5.41) is 2.03. The number of hydrogen-bond donors (Lipinski definition) is 1. The number of aromatic nitrogens is 1. The molecule has 0 bridgehead atoms. The van der Waals surface area contributed by atoms with Crippen LogP contribution in [-0.4, -0.2) is 29.7 Å². The average molecular weight is 261 g/mol. The number of thioether (sulfide) groups is 1. The van der Waals surface area contributed by atoms with Crippen LogP contribution in [0, 0.1) is 5.41 Å². The lowest BCUT2D eigenvalue weighted by Gasteiger charge is -2.35. The summed E-state index contributed by atoms with van der Waals surface area (Å²) in [5.41, 5.74) is 0.359.